The Morgan fingerprint density at radius 2 is 1.00 bits per heavy atom. The summed E-state index contributed by atoms with van der Waals surface area (Å²) in [4.78, 5) is 0. The summed E-state index contributed by atoms with van der Waals surface area (Å²) in [6.45, 7) is 0. The molecular formula is H4FeP3Si. The van der Waals surface area contributed by atoms with E-state index in [2.05, 4.69) is 21.8 Å². The van der Waals surface area contributed by atoms with E-state index in [1.54, 1.807) is 0 Å². The molecule has 0 amide bonds. The van der Waals surface area contributed by atoms with Gasteiger partial charge in [0.1, 0.15) is 0 Å². The fourth-order valence-corrected chi connectivity index (χ4v) is 0. The Bertz CT molecular complexity index is 222. The van der Waals surface area contributed by atoms with E-state index in [4.69, 9.17) is 0 Å². The van der Waals surface area contributed by atoms with Crippen molar-refractivity contribution in [2.75, 3.05) is 0 Å². The van der Waals surface area contributed by atoms with Gasteiger partial charge in [-0.05, 0) is 11.0 Å². The van der Waals surface area contributed by atoms with Gasteiger partial charge in [-0.25, -0.2) is 0 Å². The van der Waals surface area contributed by atoms with Gasteiger partial charge in [0.15, 0.2) is 0 Å². The van der Waals surface area contributed by atoms with Crippen molar-refractivity contribution >= 4 is 32.8 Å². The molecule has 0 bridgehead atoms. The second-order valence-electron chi connectivity index (χ2n) is 0.212. The molecule has 31 valence electrons. The van der Waals surface area contributed by atoms with Crippen LogP contribution >= 0.6 is 21.8 Å². The van der Waals surface area contributed by atoms with Gasteiger partial charge < -0.3 is 0 Å². The zero-order chi connectivity index (χ0) is 3.58. The second-order valence-corrected chi connectivity index (χ2v) is 7.87. The van der Waals surface area contributed by atoms with Gasteiger partial charge in [0.25, 0.3) is 0 Å². The maximum atomic E-state index is 3.78. The van der Waals surface area contributed by atoms with Crippen LogP contribution in [0.25, 0.3) is 0 Å². The molecular weight excluding hydrogens is 177 g/mol. The maximum Gasteiger partial charge on any atom is -0.0149 e. The van der Waals surface area contributed by atoms with Gasteiger partial charge in [-0.1, -0.05) is 0 Å². The Morgan fingerprint density at radius 1 is 1.00 bits per heavy atom. The van der Waals surface area contributed by atoms with Gasteiger partial charge in [-0.3, -0.25) is 0 Å². The van der Waals surface area contributed by atoms with Crippen LogP contribution in [0.2, 0.25) is 0 Å². The topological polar surface area (TPSA) is 0 Å². The van der Waals surface area contributed by atoms with Crippen molar-refractivity contribution in [3.8, 4) is 0 Å². The molecule has 0 spiro atoms. The summed E-state index contributed by atoms with van der Waals surface area (Å²) in [5.74, 6) is 0. The first-order valence-electron chi connectivity index (χ1n) is 0.474. The quantitative estimate of drug-likeness (QED) is 0.388. The molecule has 0 unspecified atom stereocenters. The minimum atomic E-state index is -0.667. The van der Waals surface area contributed by atoms with Crippen LogP contribution in [0.15, 0.2) is 0 Å². The van der Waals surface area contributed by atoms with Crippen molar-refractivity contribution in [1.82, 2.24) is 0 Å². The molecule has 5 heavy (non-hydrogen) atoms. The average Bonchev–Trinajstić information content (AvgIpc) is 0.811. The van der Waals surface area contributed by atoms with Gasteiger partial charge in [0.2, 0.25) is 0 Å². The predicted octanol–water partition coefficient (Wildman–Crippen LogP) is 1.13. The van der Waals surface area contributed by atoms with Crippen LogP contribution in [-0.4, -0.2) is 11.0 Å². The Balaban J connectivity index is 0. The fourth-order valence-electron chi connectivity index (χ4n) is 0. The molecule has 0 saturated carbocycles. The molecule has 0 aliphatic carbocycles. The third-order valence-electron chi connectivity index (χ3n) is 0. The Morgan fingerprint density at radius 3 is 1.00 bits per heavy atom. The van der Waals surface area contributed by atoms with Gasteiger partial charge in [-0.15, -0.1) is 0 Å². The molecule has 0 saturated heterocycles. The van der Waals surface area contributed by atoms with Crippen molar-refractivity contribution in [2.24, 2.45) is 0 Å². The molecule has 0 nitrogen and oxygen atoms in total. The van der Waals surface area contributed by atoms with E-state index in [0.29, 0.717) is 0 Å². The largest absolute Gasteiger partial charge is 0.0149 e. The molecule has 0 aliphatic rings. The van der Waals surface area contributed by atoms with Crippen molar-refractivity contribution in [1.29, 1.82) is 0 Å². The molecule has 0 fully saturated rings. The van der Waals surface area contributed by atoms with Crippen molar-refractivity contribution in [3.63, 3.8) is 0 Å². The SMILES string of the molecule is [P]#[Fe](#[P])#[P].[SiH4]. The molecule has 0 aromatic heterocycles. The van der Waals surface area contributed by atoms with Crippen LogP contribution in [0.1, 0.15) is 0 Å². The van der Waals surface area contributed by atoms with Crippen molar-refractivity contribution in [2.45, 2.75) is 0 Å². The molecule has 0 aromatic rings. The van der Waals surface area contributed by atoms with Crippen LogP contribution in [0, 0.1) is 0 Å². The Hall–Kier alpha value is 2.03. The van der Waals surface area contributed by atoms with E-state index in [9.17, 15) is 0 Å². The molecule has 0 aliphatic heterocycles. The minimum absolute atomic E-state index is 0. The zero-order valence-electron chi connectivity index (χ0n) is 1.70. The summed E-state index contributed by atoms with van der Waals surface area (Å²) in [6.07, 6.45) is 0. The summed E-state index contributed by atoms with van der Waals surface area (Å²) in [5, 5.41) is 0. The smallest absolute Gasteiger partial charge is 0.0149 e. The van der Waals surface area contributed by atoms with Crippen molar-refractivity contribution in [3.05, 3.63) is 0 Å². The van der Waals surface area contributed by atoms with E-state index < -0.39 is 10.5 Å². The summed E-state index contributed by atoms with van der Waals surface area (Å²) in [5.41, 5.74) is 0. The van der Waals surface area contributed by atoms with Gasteiger partial charge in [0.05, 0.1) is 0 Å². The summed E-state index contributed by atoms with van der Waals surface area (Å²) in [6, 6.07) is 0. The molecule has 0 rings (SSSR count). The molecule has 0 heterocycles. The van der Waals surface area contributed by atoms with Gasteiger partial charge in [0, 0.05) is 0 Å². The third-order valence-corrected chi connectivity index (χ3v) is 0. The first kappa shape index (κ1) is 10.1. The normalized spacial score (nSPS) is 4.20. The number of hydrogen-bond donors (Lipinski definition) is 0. The van der Waals surface area contributed by atoms with E-state index in [1.165, 1.54) is 0 Å². The monoisotopic (exact) mass is 181 g/mol. The zero-order valence-corrected chi connectivity index (χ0v) is 5.48. The van der Waals surface area contributed by atoms with E-state index in [1.807, 2.05) is 0 Å². The molecule has 0 atom stereocenters. The van der Waals surface area contributed by atoms with Crippen molar-refractivity contribution < 1.29 is 10.5 Å². The second kappa shape index (κ2) is 6.03. The first-order valence-corrected chi connectivity index (χ1v) is 5.87. The van der Waals surface area contributed by atoms with Crippen LogP contribution in [0.5, 0.6) is 0 Å². The molecule has 5 heteroatoms. The van der Waals surface area contributed by atoms with Crippen LogP contribution in [0.3, 0.4) is 0 Å². The number of rotatable bonds is 0. The molecule has 0 aromatic carbocycles. The average molecular weight is 181 g/mol. The van der Waals surface area contributed by atoms with E-state index in [0.717, 1.165) is 0 Å². The first-order chi connectivity index (χ1) is 1.73. The number of hydrogen-bond acceptors (Lipinski definition) is 0. The summed E-state index contributed by atoms with van der Waals surface area (Å²) in [7, 11) is 10.7. The third kappa shape index (κ3) is 23.8. The molecule has 0 radical (unpaired) electrons. The standard InChI is InChI=1S/Fe.3P.H4Si/h;;;;1H4. The van der Waals surface area contributed by atoms with Crippen LogP contribution in [-0.2, 0) is 10.5 Å². The van der Waals surface area contributed by atoms with Crippen LogP contribution in [0.4, 0.5) is 0 Å². The summed E-state index contributed by atoms with van der Waals surface area (Å²) < 4.78 is 0. The Labute approximate surface area is 43.6 Å². The minimum Gasteiger partial charge on any atom is -0.0149 e. The van der Waals surface area contributed by atoms with E-state index >= 15 is 0 Å². The molecule has 0 N–H and O–H groups in total. The van der Waals surface area contributed by atoms with Crippen LogP contribution < -0.4 is 0 Å². The Kier molecular flexibility index (Phi) is 12.2. The van der Waals surface area contributed by atoms with Gasteiger partial charge >= 0.3 is 32.3 Å². The van der Waals surface area contributed by atoms with Gasteiger partial charge in [-0.2, -0.15) is 0 Å². The van der Waals surface area contributed by atoms with E-state index in [-0.39, 0.29) is 11.0 Å². The summed E-state index contributed by atoms with van der Waals surface area (Å²) >= 11 is 0. The predicted molar refractivity (Wildman–Crippen MR) is 32.1 cm³/mol. The maximum absolute atomic E-state index is 3.78. The fraction of sp³-hybridized carbons (Fsp3) is 0.